The Balaban J connectivity index is 2.37. The van der Waals surface area contributed by atoms with Crippen LogP contribution in [-0.2, 0) is 25.4 Å². The second-order valence-corrected chi connectivity index (χ2v) is 4.74. The van der Waals surface area contributed by atoms with E-state index in [1.165, 1.54) is 29.6 Å². The minimum atomic E-state index is -0.472. The maximum Gasteiger partial charge on any atom is 0.332 e. The summed E-state index contributed by atoms with van der Waals surface area (Å²) in [6, 6.07) is 0. The Morgan fingerprint density at radius 3 is 2.71 bits per heavy atom. The van der Waals surface area contributed by atoms with Gasteiger partial charge in [0.2, 0.25) is 5.91 Å². The fraction of sp³-hybridized carbons (Fsp3) is 0.500. The molecule has 9 nitrogen and oxygen atoms in total. The fourth-order valence-electron chi connectivity index (χ4n) is 2.06. The van der Waals surface area contributed by atoms with E-state index in [2.05, 4.69) is 10.3 Å². The van der Waals surface area contributed by atoms with Gasteiger partial charge in [-0.2, -0.15) is 0 Å². The van der Waals surface area contributed by atoms with Crippen LogP contribution >= 0.6 is 0 Å². The highest BCUT2D eigenvalue weighted by molar-refractivity contribution is 5.78. The number of hydrogen-bond donors (Lipinski definition) is 2. The molecule has 0 unspecified atom stereocenters. The molecule has 0 aromatic carbocycles. The third-order valence-corrected chi connectivity index (χ3v) is 3.23. The summed E-state index contributed by atoms with van der Waals surface area (Å²) in [5.41, 5.74) is 4.92. The molecule has 3 N–H and O–H groups in total. The molecule has 1 amide bonds. The molecular weight excluding hydrogens is 276 g/mol. The van der Waals surface area contributed by atoms with Gasteiger partial charge >= 0.3 is 5.69 Å². The zero-order valence-electron chi connectivity index (χ0n) is 12.0. The van der Waals surface area contributed by atoms with E-state index in [4.69, 9.17) is 5.73 Å². The van der Waals surface area contributed by atoms with Gasteiger partial charge in [-0.3, -0.25) is 18.7 Å². The summed E-state index contributed by atoms with van der Waals surface area (Å²) in [6.45, 7) is 0.948. The van der Waals surface area contributed by atoms with Crippen LogP contribution in [0.25, 0.3) is 11.2 Å². The predicted octanol–water partition coefficient (Wildman–Crippen LogP) is -2.10. The number of aryl methyl sites for hydroxylation is 1. The molecule has 114 valence electrons. The van der Waals surface area contributed by atoms with Gasteiger partial charge in [0, 0.05) is 20.6 Å². The van der Waals surface area contributed by atoms with E-state index in [9.17, 15) is 14.4 Å². The number of imidazole rings is 1. The maximum absolute atomic E-state index is 12.2. The third kappa shape index (κ3) is 2.72. The van der Waals surface area contributed by atoms with Crippen molar-refractivity contribution in [1.82, 2.24) is 24.0 Å². The minimum Gasteiger partial charge on any atom is -0.355 e. The summed E-state index contributed by atoms with van der Waals surface area (Å²) in [5.74, 6) is -0.237. The van der Waals surface area contributed by atoms with Gasteiger partial charge in [0.15, 0.2) is 11.2 Å². The highest BCUT2D eigenvalue weighted by Crippen LogP contribution is 2.04. The second kappa shape index (κ2) is 5.92. The summed E-state index contributed by atoms with van der Waals surface area (Å²) in [7, 11) is 2.92. The Labute approximate surface area is 120 Å². The fourth-order valence-corrected chi connectivity index (χ4v) is 2.06. The highest BCUT2D eigenvalue weighted by Gasteiger charge is 2.15. The normalized spacial score (nSPS) is 11.0. The van der Waals surface area contributed by atoms with E-state index in [0.717, 1.165) is 4.57 Å². The van der Waals surface area contributed by atoms with Gasteiger partial charge in [0.1, 0.15) is 6.54 Å². The second-order valence-electron chi connectivity index (χ2n) is 4.74. The molecule has 0 radical (unpaired) electrons. The SMILES string of the molecule is Cn1c(=O)c2c(ncn2CC(=O)NCCCN)n(C)c1=O. The maximum atomic E-state index is 12.2. The van der Waals surface area contributed by atoms with Crippen molar-refractivity contribution in [3.05, 3.63) is 27.2 Å². The molecule has 9 heteroatoms. The molecule has 0 spiro atoms. The molecule has 0 atom stereocenters. The zero-order chi connectivity index (χ0) is 15.6. The lowest BCUT2D eigenvalue weighted by molar-refractivity contribution is -0.121. The van der Waals surface area contributed by atoms with Gasteiger partial charge in [0.25, 0.3) is 5.56 Å². The first kappa shape index (κ1) is 15.0. The van der Waals surface area contributed by atoms with E-state index in [0.29, 0.717) is 19.5 Å². The van der Waals surface area contributed by atoms with Crippen LogP contribution in [0.5, 0.6) is 0 Å². The van der Waals surface area contributed by atoms with Crippen molar-refractivity contribution in [2.45, 2.75) is 13.0 Å². The van der Waals surface area contributed by atoms with E-state index in [1.807, 2.05) is 0 Å². The summed E-state index contributed by atoms with van der Waals surface area (Å²) in [6.07, 6.45) is 2.07. The van der Waals surface area contributed by atoms with Crippen molar-refractivity contribution in [3.63, 3.8) is 0 Å². The monoisotopic (exact) mass is 294 g/mol. The van der Waals surface area contributed by atoms with E-state index < -0.39 is 11.2 Å². The molecule has 0 saturated heterocycles. The van der Waals surface area contributed by atoms with Gasteiger partial charge < -0.3 is 15.6 Å². The van der Waals surface area contributed by atoms with Gasteiger partial charge in [-0.25, -0.2) is 9.78 Å². The molecule has 2 aromatic rings. The number of carbonyl (C=O) groups excluding carboxylic acids is 1. The van der Waals surface area contributed by atoms with Crippen LogP contribution in [0.3, 0.4) is 0 Å². The highest BCUT2D eigenvalue weighted by atomic mass is 16.2. The molecule has 2 rings (SSSR count). The van der Waals surface area contributed by atoms with Crippen molar-refractivity contribution in [2.75, 3.05) is 13.1 Å². The summed E-state index contributed by atoms with van der Waals surface area (Å²) in [5, 5.41) is 2.70. The first-order valence-electron chi connectivity index (χ1n) is 6.55. The molecule has 0 aliphatic heterocycles. The van der Waals surface area contributed by atoms with Crippen molar-refractivity contribution < 1.29 is 4.79 Å². The number of nitrogens with one attached hydrogen (secondary N) is 1. The molecule has 0 aliphatic rings. The summed E-state index contributed by atoms with van der Waals surface area (Å²) >= 11 is 0. The van der Waals surface area contributed by atoms with Crippen LogP contribution in [-0.4, -0.2) is 37.7 Å². The van der Waals surface area contributed by atoms with Gasteiger partial charge in [-0.05, 0) is 13.0 Å². The average Bonchev–Trinajstić information content (AvgIpc) is 2.87. The van der Waals surface area contributed by atoms with Gasteiger partial charge in [-0.15, -0.1) is 0 Å². The van der Waals surface area contributed by atoms with Crippen LogP contribution in [0.15, 0.2) is 15.9 Å². The van der Waals surface area contributed by atoms with Crippen molar-refractivity contribution in [1.29, 1.82) is 0 Å². The molecule has 2 aromatic heterocycles. The number of aromatic nitrogens is 4. The van der Waals surface area contributed by atoms with Gasteiger partial charge in [0.05, 0.1) is 6.33 Å². The first-order valence-corrected chi connectivity index (χ1v) is 6.55. The number of rotatable bonds is 5. The zero-order valence-corrected chi connectivity index (χ0v) is 12.0. The number of hydrogen-bond acceptors (Lipinski definition) is 5. The average molecular weight is 294 g/mol. The Hall–Kier alpha value is -2.42. The van der Waals surface area contributed by atoms with Crippen molar-refractivity contribution >= 4 is 17.1 Å². The molecule has 0 aliphatic carbocycles. The predicted molar refractivity (Wildman–Crippen MR) is 76.9 cm³/mol. The molecule has 0 bridgehead atoms. The van der Waals surface area contributed by atoms with Crippen molar-refractivity contribution in [2.24, 2.45) is 19.8 Å². The quantitative estimate of drug-likeness (QED) is 0.613. The summed E-state index contributed by atoms with van der Waals surface area (Å²) < 4.78 is 3.71. The molecule has 2 heterocycles. The number of nitrogens with zero attached hydrogens (tertiary/aromatic N) is 4. The van der Waals surface area contributed by atoms with Crippen LogP contribution in [0.4, 0.5) is 0 Å². The lowest BCUT2D eigenvalue weighted by Crippen LogP contribution is -2.38. The Morgan fingerprint density at radius 1 is 1.33 bits per heavy atom. The van der Waals surface area contributed by atoms with Gasteiger partial charge in [-0.1, -0.05) is 0 Å². The standard InChI is InChI=1S/C12H18N6O3/c1-16-10-9(11(20)17(2)12(16)21)18(7-15-10)6-8(19)14-5-3-4-13/h7H,3-6,13H2,1-2H3,(H,14,19). The molecule has 0 fully saturated rings. The van der Waals surface area contributed by atoms with E-state index in [1.54, 1.807) is 0 Å². The Morgan fingerprint density at radius 2 is 2.05 bits per heavy atom. The lowest BCUT2D eigenvalue weighted by Gasteiger charge is -2.07. The topological polar surface area (TPSA) is 117 Å². The number of carbonyl (C=O) groups is 1. The molecule has 0 saturated carbocycles. The largest absolute Gasteiger partial charge is 0.355 e. The summed E-state index contributed by atoms with van der Waals surface area (Å²) in [4.78, 5) is 39.8. The smallest absolute Gasteiger partial charge is 0.332 e. The number of fused-ring (bicyclic) bond motifs is 1. The van der Waals surface area contributed by atoms with Crippen LogP contribution in [0.2, 0.25) is 0 Å². The van der Waals surface area contributed by atoms with E-state index in [-0.39, 0.29) is 23.6 Å². The lowest BCUT2D eigenvalue weighted by atomic mass is 10.4. The van der Waals surface area contributed by atoms with Crippen LogP contribution in [0.1, 0.15) is 6.42 Å². The van der Waals surface area contributed by atoms with Crippen molar-refractivity contribution in [3.8, 4) is 0 Å². The first-order chi connectivity index (χ1) is 9.97. The number of amides is 1. The Bertz CT molecular complexity index is 785. The van der Waals surface area contributed by atoms with Crippen LogP contribution in [0, 0.1) is 0 Å². The molecule has 21 heavy (non-hydrogen) atoms. The van der Waals surface area contributed by atoms with Crippen LogP contribution < -0.4 is 22.3 Å². The number of nitrogens with two attached hydrogens (primary N) is 1. The van der Waals surface area contributed by atoms with E-state index >= 15 is 0 Å². The Kier molecular flexibility index (Phi) is 4.22. The third-order valence-electron chi connectivity index (χ3n) is 3.23. The molecular formula is C12H18N6O3. The minimum absolute atomic E-state index is 0.0332.